The van der Waals surface area contributed by atoms with Gasteiger partial charge in [-0.2, -0.15) is 0 Å². The van der Waals surface area contributed by atoms with Crippen molar-refractivity contribution in [3.63, 3.8) is 0 Å². The Hall–Kier alpha value is -1.45. The topological polar surface area (TPSA) is 60.7 Å². The highest BCUT2D eigenvalue weighted by Crippen LogP contribution is 2.41. The lowest BCUT2D eigenvalue weighted by atomic mass is 9.98. The highest BCUT2D eigenvalue weighted by Gasteiger charge is 2.19. The number of rotatable bonds is 6. The van der Waals surface area contributed by atoms with E-state index in [4.69, 9.17) is 11.6 Å². The second-order valence-corrected chi connectivity index (χ2v) is 5.49. The molecule has 1 rings (SSSR count). The first-order valence-corrected chi connectivity index (χ1v) is 7.41. The van der Waals surface area contributed by atoms with E-state index in [1.54, 1.807) is 6.92 Å². The van der Waals surface area contributed by atoms with Gasteiger partial charge >= 0.3 is 0 Å². The molecule has 0 saturated carbocycles. The van der Waals surface area contributed by atoms with Gasteiger partial charge in [-0.25, -0.2) is 0 Å². The minimum atomic E-state index is -0.311. The maximum Gasteiger partial charge on any atom is 0.141 e. The van der Waals surface area contributed by atoms with Gasteiger partial charge in [0, 0.05) is 11.1 Å². The Morgan fingerprint density at radius 1 is 1.19 bits per heavy atom. The third-order valence-electron chi connectivity index (χ3n) is 3.60. The summed E-state index contributed by atoms with van der Waals surface area (Å²) < 4.78 is 0. The van der Waals surface area contributed by atoms with Gasteiger partial charge in [-0.1, -0.05) is 35.4 Å². The van der Waals surface area contributed by atoms with Gasteiger partial charge in [0.25, 0.3) is 0 Å². The summed E-state index contributed by atoms with van der Waals surface area (Å²) in [4.78, 5) is 0. The highest BCUT2D eigenvalue weighted by atomic mass is 35.5. The zero-order chi connectivity index (χ0) is 16.0. The predicted molar refractivity (Wildman–Crippen MR) is 87.0 cm³/mol. The van der Waals surface area contributed by atoms with Crippen LogP contribution in [0.4, 0.5) is 0 Å². The fourth-order valence-electron chi connectivity index (χ4n) is 2.16. The number of allylic oxidation sites excluding steroid dienone is 4. The molecular formula is C17H23ClO3. The van der Waals surface area contributed by atoms with Gasteiger partial charge in [0.2, 0.25) is 0 Å². The van der Waals surface area contributed by atoms with E-state index in [2.05, 4.69) is 6.08 Å². The van der Waals surface area contributed by atoms with Gasteiger partial charge in [-0.3, -0.25) is 0 Å². The SMILES string of the molecule is C/C=C/CC/C(C)=C/Cc1c(O)c(Cl)c(C)c(CO)c1O. The van der Waals surface area contributed by atoms with E-state index in [9.17, 15) is 15.3 Å². The van der Waals surface area contributed by atoms with Crippen molar-refractivity contribution in [1.82, 2.24) is 0 Å². The minimum absolute atomic E-state index is 0.0746. The number of halogens is 1. The number of benzene rings is 1. The Morgan fingerprint density at radius 2 is 1.86 bits per heavy atom. The zero-order valence-electron chi connectivity index (χ0n) is 12.8. The largest absolute Gasteiger partial charge is 0.507 e. The Labute approximate surface area is 131 Å². The summed E-state index contributed by atoms with van der Waals surface area (Å²) in [5.74, 6) is -0.184. The number of aliphatic hydroxyl groups excluding tert-OH is 1. The molecule has 0 atom stereocenters. The van der Waals surface area contributed by atoms with E-state index in [0.29, 0.717) is 23.1 Å². The summed E-state index contributed by atoms with van der Waals surface area (Å²) in [6, 6.07) is 0. The van der Waals surface area contributed by atoms with Crippen LogP contribution in [0.15, 0.2) is 23.8 Å². The van der Waals surface area contributed by atoms with Gasteiger partial charge in [0.15, 0.2) is 0 Å². The average molecular weight is 311 g/mol. The van der Waals surface area contributed by atoms with Crippen LogP contribution in [0.25, 0.3) is 0 Å². The van der Waals surface area contributed by atoms with Gasteiger partial charge in [-0.05, 0) is 45.6 Å². The van der Waals surface area contributed by atoms with Crippen molar-refractivity contribution in [1.29, 1.82) is 0 Å². The van der Waals surface area contributed by atoms with E-state index in [-0.39, 0.29) is 23.1 Å². The molecule has 0 aliphatic rings. The molecule has 0 saturated heterocycles. The number of hydrogen-bond donors (Lipinski definition) is 3. The molecule has 0 bridgehead atoms. The third-order valence-corrected chi connectivity index (χ3v) is 4.06. The molecule has 0 amide bonds. The van der Waals surface area contributed by atoms with Crippen molar-refractivity contribution in [3.05, 3.63) is 45.5 Å². The molecule has 0 aliphatic heterocycles. The molecule has 0 aliphatic carbocycles. The van der Waals surface area contributed by atoms with E-state index in [1.165, 1.54) is 5.57 Å². The average Bonchev–Trinajstić information content (AvgIpc) is 2.46. The van der Waals surface area contributed by atoms with E-state index in [0.717, 1.165) is 12.8 Å². The minimum Gasteiger partial charge on any atom is -0.507 e. The van der Waals surface area contributed by atoms with Crippen molar-refractivity contribution in [2.45, 2.75) is 46.6 Å². The quantitative estimate of drug-likeness (QED) is 0.683. The molecular weight excluding hydrogens is 288 g/mol. The molecule has 0 fully saturated rings. The molecule has 3 nitrogen and oxygen atoms in total. The fourth-order valence-corrected chi connectivity index (χ4v) is 2.39. The van der Waals surface area contributed by atoms with Crippen LogP contribution in [0.3, 0.4) is 0 Å². The first kappa shape index (κ1) is 17.6. The van der Waals surface area contributed by atoms with Crippen LogP contribution in [0.1, 0.15) is 43.4 Å². The van der Waals surface area contributed by atoms with Gasteiger partial charge in [-0.15, -0.1) is 0 Å². The molecule has 1 aromatic rings. The second-order valence-electron chi connectivity index (χ2n) is 5.11. The molecule has 0 spiro atoms. The van der Waals surface area contributed by atoms with Crippen molar-refractivity contribution < 1.29 is 15.3 Å². The fraction of sp³-hybridized carbons (Fsp3) is 0.412. The summed E-state index contributed by atoms with van der Waals surface area (Å²) in [6.07, 6.45) is 8.35. The summed E-state index contributed by atoms with van der Waals surface area (Å²) in [5.41, 5.74) is 2.41. The first-order valence-electron chi connectivity index (χ1n) is 7.03. The van der Waals surface area contributed by atoms with E-state index >= 15 is 0 Å². The molecule has 3 N–H and O–H groups in total. The monoisotopic (exact) mass is 310 g/mol. The number of aromatic hydroxyl groups is 2. The molecule has 0 aromatic heterocycles. The third kappa shape index (κ3) is 4.26. The molecule has 21 heavy (non-hydrogen) atoms. The van der Waals surface area contributed by atoms with E-state index in [1.807, 2.05) is 26.0 Å². The lowest BCUT2D eigenvalue weighted by Crippen LogP contribution is -1.97. The summed E-state index contributed by atoms with van der Waals surface area (Å²) in [6.45, 7) is 5.35. The molecule has 1 aromatic carbocycles. The van der Waals surface area contributed by atoms with Crippen LogP contribution in [0, 0.1) is 6.92 Å². The molecule has 0 heterocycles. The van der Waals surface area contributed by atoms with Crippen molar-refractivity contribution in [2.24, 2.45) is 0 Å². The predicted octanol–water partition coefficient (Wildman–Crippen LogP) is 4.40. The number of hydrogen-bond acceptors (Lipinski definition) is 3. The molecule has 4 heteroatoms. The van der Waals surface area contributed by atoms with Gasteiger partial charge in [0.1, 0.15) is 11.5 Å². The van der Waals surface area contributed by atoms with Crippen LogP contribution < -0.4 is 0 Å². The Bertz CT molecular complexity index is 560. The smallest absolute Gasteiger partial charge is 0.141 e. The maximum atomic E-state index is 10.2. The highest BCUT2D eigenvalue weighted by molar-refractivity contribution is 6.33. The second kappa shape index (κ2) is 8.11. The van der Waals surface area contributed by atoms with Gasteiger partial charge in [0.05, 0.1) is 11.6 Å². The summed E-state index contributed by atoms with van der Waals surface area (Å²) in [7, 11) is 0. The Balaban J connectivity index is 3.03. The van der Waals surface area contributed by atoms with Crippen LogP contribution in [-0.4, -0.2) is 15.3 Å². The Kier molecular flexibility index (Phi) is 6.79. The molecule has 0 radical (unpaired) electrons. The zero-order valence-corrected chi connectivity index (χ0v) is 13.5. The first-order chi connectivity index (χ1) is 9.93. The Morgan fingerprint density at radius 3 is 2.43 bits per heavy atom. The normalized spacial score (nSPS) is 12.3. The number of phenols is 2. The lowest BCUT2D eigenvalue weighted by Gasteiger charge is -2.15. The standard InChI is InChI=1S/C17H23ClO3/c1-4-5-6-7-11(2)8-9-13-16(20)14(10-19)12(3)15(18)17(13)21/h4-5,8,19-21H,6-7,9-10H2,1-3H3/b5-4+,11-8+. The molecule has 116 valence electrons. The lowest BCUT2D eigenvalue weighted by molar-refractivity contribution is 0.274. The summed E-state index contributed by atoms with van der Waals surface area (Å²) >= 11 is 6.05. The van der Waals surface area contributed by atoms with Crippen LogP contribution in [0.5, 0.6) is 11.5 Å². The van der Waals surface area contributed by atoms with Crippen LogP contribution in [0.2, 0.25) is 5.02 Å². The maximum absolute atomic E-state index is 10.2. The van der Waals surface area contributed by atoms with Crippen LogP contribution >= 0.6 is 11.6 Å². The molecule has 0 unspecified atom stereocenters. The van der Waals surface area contributed by atoms with Crippen molar-refractivity contribution >= 4 is 11.6 Å². The van der Waals surface area contributed by atoms with Crippen LogP contribution in [-0.2, 0) is 13.0 Å². The number of phenolic OH excluding ortho intramolecular Hbond substituents is 1. The number of aliphatic hydroxyl groups is 1. The van der Waals surface area contributed by atoms with Crippen molar-refractivity contribution in [2.75, 3.05) is 0 Å². The van der Waals surface area contributed by atoms with Gasteiger partial charge < -0.3 is 15.3 Å². The van der Waals surface area contributed by atoms with Crippen molar-refractivity contribution in [3.8, 4) is 11.5 Å². The van der Waals surface area contributed by atoms with E-state index < -0.39 is 0 Å². The summed E-state index contributed by atoms with van der Waals surface area (Å²) in [5, 5.41) is 29.8.